The van der Waals surface area contributed by atoms with E-state index < -0.39 is 49.3 Å². The lowest BCUT2D eigenvalue weighted by Gasteiger charge is -2.12. The SMILES string of the molecule is COC(=O)CN1C(=O)S/C(=C\c2ccc(OS(=O)(=O)c3ccccc3[N+](=O)[O-])c(OC)c2)C1=O. The number of imide groups is 1. The molecular weight excluding hydrogens is 492 g/mol. The van der Waals surface area contributed by atoms with Crippen LogP contribution in [0.25, 0.3) is 6.08 Å². The van der Waals surface area contributed by atoms with Crippen molar-refractivity contribution < 1.29 is 41.4 Å². The van der Waals surface area contributed by atoms with E-state index in [1.54, 1.807) is 0 Å². The zero-order valence-electron chi connectivity index (χ0n) is 17.6. The number of benzene rings is 2. The molecule has 1 aliphatic heterocycles. The van der Waals surface area contributed by atoms with Crippen LogP contribution in [0.2, 0.25) is 0 Å². The van der Waals surface area contributed by atoms with Crippen molar-refractivity contribution in [1.29, 1.82) is 0 Å². The third kappa shape index (κ3) is 5.18. The van der Waals surface area contributed by atoms with Crippen molar-refractivity contribution in [3.63, 3.8) is 0 Å². The van der Waals surface area contributed by atoms with Gasteiger partial charge < -0.3 is 13.7 Å². The molecule has 14 heteroatoms. The lowest BCUT2D eigenvalue weighted by molar-refractivity contribution is -0.387. The monoisotopic (exact) mass is 508 g/mol. The van der Waals surface area contributed by atoms with E-state index in [9.17, 15) is 32.9 Å². The number of nitro groups is 1. The molecule has 1 aliphatic rings. The summed E-state index contributed by atoms with van der Waals surface area (Å²) in [7, 11) is -2.21. The summed E-state index contributed by atoms with van der Waals surface area (Å²) in [5.41, 5.74) is -0.295. The highest BCUT2D eigenvalue weighted by atomic mass is 32.2. The van der Waals surface area contributed by atoms with Gasteiger partial charge in [-0.3, -0.25) is 29.4 Å². The van der Waals surface area contributed by atoms with Crippen LogP contribution in [0.4, 0.5) is 10.5 Å². The number of hydrogen-bond acceptors (Lipinski definition) is 11. The van der Waals surface area contributed by atoms with Crippen LogP contribution in [0, 0.1) is 10.1 Å². The van der Waals surface area contributed by atoms with Gasteiger partial charge in [-0.05, 0) is 41.6 Å². The van der Waals surface area contributed by atoms with Crippen molar-refractivity contribution in [2.75, 3.05) is 20.8 Å². The van der Waals surface area contributed by atoms with Crippen LogP contribution < -0.4 is 8.92 Å². The minimum Gasteiger partial charge on any atom is -0.493 e. The first-order valence-electron chi connectivity index (χ1n) is 9.25. The average Bonchev–Trinajstić information content (AvgIpc) is 3.06. The van der Waals surface area contributed by atoms with E-state index in [-0.39, 0.29) is 16.4 Å². The Morgan fingerprint density at radius 1 is 1.15 bits per heavy atom. The summed E-state index contributed by atoms with van der Waals surface area (Å²) in [6.45, 7) is -0.530. The lowest BCUT2D eigenvalue weighted by atomic mass is 10.2. The van der Waals surface area contributed by atoms with Gasteiger partial charge >= 0.3 is 16.1 Å². The lowest BCUT2D eigenvalue weighted by Crippen LogP contribution is -2.34. The van der Waals surface area contributed by atoms with Crippen LogP contribution in [0.5, 0.6) is 11.5 Å². The fourth-order valence-corrected chi connectivity index (χ4v) is 4.75. The van der Waals surface area contributed by atoms with Gasteiger partial charge in [0.1, 0.15) is 6.54 Å². The molecular formula is C20H16N2O10S2. The summed E-state index contributed by atoms with van der Waals surface area (Å²) in [6, 6.07) is 8.67. The van der Waals surface area contributed by atoms with Gasteiger partial charge in [-0.1, -0.05) is 18.2 Å². The van der Waals surface area contributed by atoms with Crippen LogP contribution in [0.15, 0.2) is 52.3 Å². The van der Waals surface area contributed by atoms with Gasteiger partial charge in [0.25, 0.3) is 16.8 Å². The molecule has 0 aliphatic carbocycles. The number of para-hydroxylation sites is 1. The van der Waals surface area contributed by atoms with Crippen molar-refractivity contribution in [3.8, 4) is 11.5 Å². The quantitative estimate of drug-likeness (QED) is 0.169. The minimum atomic E-state index is -4.58. The Morgan fingerprint density at radius 2 is 1.85 bits per heavy atom. The van der Waals surface area contributed by atoms with Crippen LogP contribution in [0.3, 0.4) is 0 Å². The molecule has 1 saturated heterocycles. The van der Waals surface area contributed by atoms with Gasteiger partial charge in [0.05, 0.1) is 24.0 Å². The summed E-state index contributed by atoms with van der Waals surface area (Å²) >= 11 is 0.617. The number of thioether (sulfide) groups is 1. The summed E-state index contributed by atoms with van der Waals surface area (Å²) < 4.78 is 40.0. The number of carbonyl (C=O) groups is 3. The van der Waals surface area contributed by atoms with E-state index in [0.717, 1.165) is 24.1 Å². The molecule has 178 valence electrons. The molecule has 34 heavy (non-hydrogen) atoms. The van der Waals surface area contributed by atoms with Crippen LogP contribution in [-0.4, -0.2) is 56.1 Å². The highest BCUT2D eigenvalue weighted by Crippen LogP contribution is 2.36. The Bertz CT molecular complexity index is 1320. The molecule has 0 atom stereocenters. The summed E-state index contributed by atoms with van der Waals surface area (Å²) in [6.07, 6.45) is 1.35. The summed E-state index contributed by atoms with van der Waals surface area (Å²) in [5.74, 6) is -1.76. The molecule has 2 amide bonds. The van der Waals surface area contributed by atoms with Gasteiger partial charge in [0.15, 0.2) is 16.4 Å². The number of amides is 2. The molecule has 0 unspecified atom stereocenters. The fourth-order valence-electron chi connectivity index (χ4n) is 2.81. The second kappa shape index (κ2) is 9.93. The molecule has 3 rings (SSSR count). The molecule has 0 radical (unpaired) electrons. The van der Waals surface area contributed by atoms with Crippen molar-refractivity contribution >= 4 is 50.8 Å². The number of methoxy groups -OCH3 is 2. The number of nitrogens with zero attached hydrogens (tertiary/aromatic N) is 2. The fraction of sp³-hybridized carbons (Fsp3) is 0.150. The standard InChI is InChI=1S/C20H16N2O10S2/c1-30-15-9-12(10-16-19(24)21(20(25)33-16)11-18(23)31-2)7-8-14(15)32-34(28,29)17-6-4-3-5-13(17)22(26)27/h3-10H,11H2,1-2H3/b16-10-. The van der Waals surface area contributed by atoms with Crippen LogP contribution >= 0.6 is 11.8 Å². The van der Waals surface area contributed by atoms with Crippen molar-refractivity contribution in [2.45, 2.75) is 4.90 Å². The normalized spacial score (nSPS) is 14.9. The molecule has 0 spiro atoms. The summed E-state index contributed by atoms with van der Waals surface area (Å²) in [4.78, 5) is 46.3. The van der Waals surface area contributed by atoms with Crippen molar-refractivity contribution in [1.82, 2.24) is 4.90 Å². The molecule has 2 aromatic carbocycles. The zero-order chi connectivity index (χ0) is 25.0. The third-order valence-electron chi connectivity index (χ3n) is 4.40. The Balaban J connectivity index is 1.89. The molecule has 0 aromatic heterocycles. The topological polar surface area (TPSA) is 159 Å². The highest BCUT2D eigenvalue weighted by molar-refractivity contribution is 8.18. The molecule has 1 fully saturated rings. The maximum Gasteiger partial charge on any atom is 0.346 e. The molecule has 0 saturated carbocycles. The van der Waals surface area contributed by atoms with E-state index in [1.807, 2.05) is 0 Å². The van der Waals surface area contributed by atoms with Crippen LogP contribution in [0.1, 0.15) is 5.56 Å². The second-order valence-corrected chi connectivity index (χ2v) is 9.02. The predicted octanol–water partition coefficient (Wildman–Crippen LogP) is 2.58. The average molecular weight is 508 g/mol. The number of esters is 1. The van der Waals surface area contributed by atoms with E-state index >= 15 is 0 Å². The molecule has 2 aromatic rings. The van der Waals surface area contributed by atoms with E-state index in [4.69, 9.17) is 8.92 Å². The Kier molecular flexibility index (Phi) is 7.22. The first-order valence-corrected chi connectivity index (χ1v) is 11.5. The molecule has 12 nitrogen and oxygen atoms in total. The van der Waals surface area contributed by atoms with E-state index in [1.165, 1.54) is 43.5 Å². The zero-order valence-corrected chi connectivity index (χ0v) is 19.3. The third-order valence-corrected chi connectivity index (χ3v) is 6.59. The van der Waals surface area contributed by atoms with E-state index in [2.05, 4.69) is 4.74 Å². The van der Waals surface area contributed by atoms with Gasteiger partial charge in [-0.15, -0.1) is 0 Å². The largest absolute Gasteiger partial charge is 0.493 e. The van der Waals surface area contributed by atoms with Crippen LogP contribution in [-0.2, 0) is 24.4 Å². The van der Waals surface area contributed by atoms with E-state index in [0.29, 0.717) is 17.3 Å². The summed E-state index contributed by atoms with van der Waals surface area (Å²) in [5, 5.41) is 10.5. The van der Waals surface area contributed by atoms with Gasteiger partial charge in [-0.2, -0.15) is 8.42 Å². The molecule has 1 heterocycles. The first-order chi connectivity index (χ1) is 16.1. The van der Waals surface area contributed by atoms with Gasteiger partial charge in [0, 0.05) is 6.07 Å². The smallest absolute Gasteiger partial charge is 0.346 e. The van der Waals surface area contributed by atoms with Crippen molar-refractivity contribution in [3.05, 3.63) is 63.0 Å². The Hall–Kier alpha value is -3.91. The maximum absolute atomic E-state index is 12.7. The number of rotatable bonds is 8. The number of ether oxygens (including phenoxy) is 2. The van der Waals surface area contributed by atoms with Gasteiger partial charge in [-0.25, -0.2) is 0 Å². The number of nitro benzene ring substituents is 1. The minimum absolute atomic E-state index is 0.0251. The second-order valence-electron chi connectivity index (χ2n) is 6.52. The van der Waals surface area contributed by atoms with Gasteiger partial charge in [0.2, 0.25) is 0 Å². The number of hydrogen-bond donors (Lipinski definition) is 0. The Morgan fingerprint density at radius 3 is 2.50 bits per heavy atom. The Labute approximate surface area is 197 Å². The predicted molar refractivity (Wildman–Crippen MR) is 119 cm³/mol. The number of carbonyl (C=O) groups excluding carboxylic acids is 3. The molecule has 0 bridgehead atoms. The maximum atomic E-state index is 12.7. The highest BCUT2D eigenvalue weighted by Gasteiger charge is 2.36. The first kappa shape index (κ1) is 24.7. The van der Waals surface area contributed by atoms with Crippen molar-refractivity contribution in [2.24, 2.45) is 0 Å². The molecule has 0 N–H and O–H groups in total.